The second kappa shape index (κ2) is 6.95. The van der Waals surface area contributed by atoms with Crippen LogP contribution >= 0.6 is 0 Å². The van der Waals surface area contributed by atoms with Gasteiger partial charge in [0.15, 0.2) is 0 Å². The quantitative estimate of drug-likeness (QED) is 0.767. The van der Waals surface area contributed by atoms with E-state index in [2.05, 4.69) is 23.5 Å². The smallest absolute Gasteiger partial charge is 0.337 e. The van der Waals surface area contributed by atoms with Gasteiger partial charge in [-0.15, -0.1) is 13.2 Å². The van der Waals surface area contributed by atoms with Gasteiger partial charge in [-0.3, -0.25) is 4.98 Å². The number of anilines is 1. The molecule has 0 aliphatic carbocycles. The van der Waals surface area contributed by atoms with Gasteiger partial charge in [0.25, 0.3) is 0 Å². The number of amides is 2. The van der Waals surface area contributed by atoms with Crippen LogP contribution in [0.1, 0.15) is 10.4 Å². The highest BCUT2D eigenvalue weighted by atomic mass is 16.4. The maximum atomic E-state index is 11.9. The highest BCUT2D eigenvalue weighted by Gasteiger charge is 2.12. The van der Waals surface area contributed by atoms with E-state index in [1.165, 1.54) is 23.4 Å². The van der Waals surface area contributed by atoms with Crippen molar-refractivity contribution in [3.05, 3.63) is 49.3 Å². The number of urea groups is 1. The molecule has 0 spiro atoms. The van der Waals surface area contributed by atoms with Crippen molar-refractivity contribution in [2.24, 2.45) is 0 Å². The van der Waals surface area contributed by atoms with Gasteiger partial charge >= 0.3 is 12.0 Å². The molecule has 0 aromatic carbocycles. The van der Waals surface area contributed by atoms with Crippen LogP contribution in [-0.4, -0.2) is 40.1 Å². The van der Waals surface area contributed by atoms with Crippen molar-refractivity contribution < 1.29 is 14.7 Å². The molecule has 0 radical (unpaired) electrons. The molecule has 0 unspecified atom stereocenters. The lowest BCUT2D eigenvalue weighted by Gasteiger charge is -2.19. The van der Waals surface area contributed by atoms with Gasteiger partial charge in [0, 0.05) is 19.3 Å². The van der Waals surface area contributed by atoms with Crippen LogP contribution in [-0.2, 0) is 0 Å². The van der Waals surface area contributed by atoms with Crippen molar-refractivity contribution in [2.45, 2.75) is 0 Å². The zero-order chi connectivity index (χ0) is 14.3. The third-order valence-corrected chi connectivity index (χ3v) is 2.22. The first-order chi connectivity index (χ1) is 9.08. The van der Waals surface area contributed by atoms with Gasteiger partial charge in [-0.05, 0) is 6.07 Å². The number of rotatable bonds is 6. The minimum Gasteiger partial charge on any atom is -0.478 e. The maximum absolute atomic E-state index is 11.9. The molecule has 0 fully saturated rings. The molecule has 100 valence electrons. The highest BCUT2D eigenvalue weighted by molar-refractivity contribution is 5.92. The molecule has 2 N–H and O–H groups in total. The van der Waals surface area contributed by atoms with E-state index in [0.29, 0.717) is 18.8 Å². The summed E-state index contributed by atoms with van der Waals surface area (Å²) in [5.41, 5.74) is 0.333. The summed E-state index contributed by atoms with van der Waals surface area (Å²) in [4.78, 5) is 27.9. The molecule has 1 aromatic rings. The fourth-order valence-corrected chi connectivity index (χ4v) is 1.38. The normalized spacial score (nSPS) is 9.47. The summed E-state index contributed by atoms with van der Waals surface area (Å²) in [5.74, 6) is -1.10. The number of carboxylic acid groups (broad SMARTS) is 1. The number of carboxylic acids is 1. The zero-order valence-corrected chi connectivity index (χ0v) is 10.4. The van der Waals surface area contributed by atoms with Crippen LogP contribution in [0.5, 0.6) is 0 Å². The summed E-state index contributed by atoms with van der Waals surface area (Å²) in [7, 11) is 0. The summed E-state index contributed by atoms with van der Waals surface area (Å²) in [5, 5.41) is 11.4. The molecule has 0 saturated heterocycles. The van der Waals surface area contributed by atoms with Gasteiger partial charge in [0.05, 0.1) is 17.4 Å². The largest absolute Gasteiger partial charge is 0.478 e. The second-order valence-corrected chi connectivity index (χ2v) is 3.68. The molecule has 0 saturated carbocycles. The molecular weight excluding hydrogens is 246 g/mol. The van der Waals surface area contributed by atoms with E-state index in [0.717, 1.165) is 0 Å². The van der Waals surface area contributed by atoms with Crippen LogP contribution < -0.4 is 5.32 Å². The summed E-state index contributed by atoms with van der Waals surface area (Å²) in [6.07, 6.45) is 5.78. The van der Waals surface area contributed by atoms with Gasteiger partial charge < -0.3 is 15.3 Å². The number of nitrogens with one attached hydrogen (secondary N) is 1. The zero-order valence-electron chi connectivity index (χ0n) is 10.4. The van der Waals surface area contributed by atoms with Gasteiger partial charge in [0.2, 0.25) is 0 Å². The van der Waals surface area contributed by atoms with Crippen LogP contribution in [0.2, 0.25) is 0 Å². The molecule has 1 heterocycles. The van der Waals surface area contributed by atoms with E-state index >= 15 is 0 Å². The second-order valence-electron chi connectivity index (χ2n) is 3.68. The Kier molecular flexibility index (Phi) is 5.28. The van der Waals surface area contributed by atoms with Crippen LogP contribution in [0.4, 0.5) is 10.5 Å². The van der Waals surface area contributed by atoms with Crippen LogP contribution in [0.3, 0.4) is 0 Å². The van der Waals surface area contributed by atoms with Gasteiger partial charge in [-0.1, -0.05) is 12.2 Å². The Balaban J connectivity index is 2.79. The predicted molar refractivity (Wildman–Crippen MR) is 72.2 cm³/mol. The lowest BCUT2D eigenvalue weighted by Crippen LogP contribution is -2.35. The molecule has 0 bridgehead atoms. The lowest BCUT2D eigenvalue weighted by molar-refractivity contribution is 0.0696. The van der Waals surface area contributed by atoms with E-state index in [9.17, 15) is 9.59 Å². The number of hydrogen-bond acceptors (Lipinski definition) is 3. The molecule has 0 aliphatic heterocycles. The Morgan fingerprint density at radius 1 is 1.32 bits per heavy atom. The minimum absolute atomic E-state index is 0.0109. The van der Waals surface area contributed by atoms with Crippen LogP contribution in [0.15, 0.2) is 43.8 Å². The summed E-state index contributed by atoms with van der Waals surface area (Å²) >= 11 is 0. The summed E-state index contributed by atoms with van der Waals surface area (Å²) in [6, 6.07) is 0.969. The molecule has 6 heteroatoms. The van der Waals surface area contributed by atoms with E-state index in [4.69, 9.17) is 5.11 Å². The lowest BCUT2D eigenvalue weighted by atomic mass is 10.2. The van der Waals surface area contributed by atoms with Crippen molar-refractivity contribution in [1.29, 1.82) is 0 Å². The van der Waals surface area contributed by atoms with Crippen molar-refractivity contribution in [2.75, 3.05) is 18.4 Å². The number of aromatic nitrogens is 1. The topological polar surface area (TPSA) is 82.5 Å². The average Bonchev–Trinajstić information content (AvgIpc) is 2.38. The van der Waals surface area contributed by atoms with Gasteiger partial charge in [0.1, 0.15) is 0 Å². The van der Waals surface area contributed by atoms with Crippen molar-refractivity contribution in [3.63, 3.8) is 0 Å². The van der Waals surface area contributed by atoms with Crippen molar-refractivity contribution in [3.8, 4) is 0 Å². The molecule has 2 amide bonds. The Bertz CT molecular complexity index is 490. The Morgan fingerprint density at radius 2 is 1.95 bits per heavy atom. The summed E-state index contributed by atoms with van der Waals surface area (Å²) in [6.45, 7) is 7.86. The summed E-state index contributed by atoms with van der Waals surface area (Å²) < 4.78 is 0. The third kappa shape index (κ3) is 4.27. The number of hydrogen-bond donors (Lipinski definition) is 2. The first-order valence-corrected chi connectivity index (χ1v) is 5.54. The molecule has 1 rings (SSSR count). The first-order valence-electron chi connectivity index (χ1n) is 5.54. The van der Waals surface area contributed by atoms with Gasteiger partial charge in [-0.25, -0.2) is 9.59 Å². The SMILES string of the molecule is C=CCN(CC=C)C(=O)Nc1cncc(C(=O)O)c1. The monoisotopic (exact) mass is 261 g/mol. The van der Waals surface area contributed by atoms with Crippen LogP contribution in [0, 0.1) is 0 Å². The number of carbonyl (C=O) groups excluding carboxylic acids is 1. The molecule has 0 atom stereocenters. The maximum Gasteiger partial charge on any atom is 0.337 e. The van der Waals surface area contributed by atoms with Gasteiger partial charge in [-0.2, -0.15) is 0 Å². The van der Waals surface area contributed by atoms with Crippen molar-refractivity contribution in [1.82, 2.24) is 9.88 Å². The highest BCUT2D eigenvalue weighted by Crippen LogP contribution is 2.09. The first kappa shape index (κ1) is 14.4. The molecule has 6 nitrogen and oxygen atoms in total. The fourth-order valence-electron chi connectivity index (χ4n) is 1.38. The van der Waals surface area contributed by atoms with E-state index in [1.54, 1.807) is 12.2 Å². The number of nitrogens with zero attached hydrogens (tertiary/aromatic N) is 2. The molecule has 0 aliphatic rings. The Labute approximate surface area is 111 Å². The molecule has 19 heavy (non-hydrogen) atoms. The number of pyridine rings is 1. The van der Waals surface area contributed by atoms with Crippen LogP contribution in [0.25, 0.3) is 0 Å². The minimum atomic E-state index is -1.10. The molecular formula is C13H15N3O3. The van der Waals surface area contributed by atoms with Crippen molar-refractivity contribution >= 4 is 17.7 Å². The predicted octanol–water partition coefficient (Wildman–Crippen LogP) is 1.99. The van der Waals surface area contributed by atoms with E-state index < -0.39 is 5.97 Å². The number of carbonyl (C=O) groups is 2. The molecule has 1 aromatic heterocycles. The fraction of sp³-hybridized carbons (Fsp3) is 0.154. The Morgan fingerprint density at radius 3 is 2.47 bits per heavy atom. The van der Waals surface area contributed by atoms with E-state index in [-0.39, 0.29) is 11.6 Å². The Hall–Kier alpha value is -2.63. The standard InChI is InChI=1S/C13H15N3O3/c1-3-5-16(6-4-2)13(19)15-11-7-10(12(17)18)8-14-9-11/h3-4,7-9H,1-2,5-6H2,(H,15,19)(H,17,18). The number of aromatic carboxylic acids is 1. The third-order valence-electron chi connectivity index (χ3n) is 2.22. The average molecular weight is 261 g/mol. The van der Waals surface area contributed by atoms with E-state index in [1.807, 2.05) is 0 Å².